The predicted octanol–water partition coefficient (Wildman–Crippen LogP) is -0.670. The average molecular weight is 286 g/mol. The molecule has 0 aromatic carbocycles. The highest BCUT2D eigenvalue weighted by Crippen LogP contribution is 2.13. The van der Waals surface area contributed by atoms with Crippen LogP contribution in [-0.4, -0.2) is 51.0 Å². The lowest BCUT2D eigenvalue weighted by molar-refractivity contribution is 0.354. The van der Waals surface area contributed by atoms with E-state index in [1.54, 1.807) is 18.3 Å². The summed E-state index contributed by atoms with van der Waals surface area (Å²) in [4.78, 5) is 4.03. The van der Waals surface area contributed by atoms with Gasteiger partial charge in [0.2, 0.25) is 5.88 Å². The van der Waals surface area contributed by atoms with E-state index in [2.05, 4.69) is 15.0 Å². The molecule has 7 nitrogen and oxygen atoms in total. The van der Waals surface area contributed by atoms with Crippen LogP contribution in [-0.2, 0) is 16.8 Å². The Morgan fingerprint density at radius 1 is 1.47 bits per heavy atom. The number of nitrogens with one attached hydrogen (secondary N) is 2. The van der Waals surface area contributed by atoms with Crippen LogP contribution in [0.4, 0.5) is 0 Å². The standard InChI is InChI=1S/C11H18N4O3S/c1-18-11-10(3-2-4-13-11)9-14-19(16,17)15-7-5-12-6-8-15/h2-4,12,14H,5-9H2,1H3. The Balaban J connectivity index is 2.00. The molecule has 8 heteroatoms. The van der Waals surface area contributed by atoms with Crippen molar-refractivity contribution in [1.82, 2.24) is 19.3 Å². The largest absolute Gasteiger partial charge is 0.481 e. The third-order valence-corrected chi connectivity index (χ3v) is 4.46. The van der Waals surface area contributed by atoms with Crippen molar-refractivity contribution in [2.24, 2.45) is 0 Å². The third kappa shape index (κ3) is 3.63. The Labute approximate surface area is 113 Å². The van der Waals surface area contributed by atoms with Gasteiger partial charge in [0.05, 0.1) is 7.11 Å². The van der Waals surface area contributed by atoms with Crippen molar-refractivity contribution in [2.45, 2.75) is 6.54 Å². The van der Waals surface area contributed by atoms with E-state index in [1.165, 1.54) is 11.4 Å². The maximum absolute atomic E-state index is 12.1. The monoisotopic (exact) mass is 286 g/mol. The number of aromatic nitrogens is 1. The van der Waals surface area contributed by atoms with E-state index in [4.69, 9.17) is 4.74 Å². The molecule has 0 spiro atoms. The number of methoxy groups -OCH3 is 1. The number of hydrogen-bond donors (Lipinski definition) is 2. The first-order chi connectivity index (χ1) is 9.13. The minimum atomic E-state index is -3.45. The molecule has 1 saturated heterocycles. The smallest absolute Gasteiger partial charge is 0.279 e. The Bertz CT molecular complexity index is 514. The van der Waals surface area contributed by atoms with Crippen LogP contribution in [0.2, 0.25) is 0 Å². The number of pyridine rings is 1. The lowest BCUT2D eigenvalue weighted by atomic mass is 10.3. The molecule has 19 heavy (non-hydrogen) atoms. The third-order valence-electron chi connectivity index (χ3n) is 2.90. The van der Waals surface area contributed by atoms with E-state index in [1.807, 2.05) is 0 Å². The van der Waals surface area contributed by atoms with Gasteiger partial charge in [0, 0.05) is 44.5 Å². The molecule has 0 bridgehead atoms. The van der Waals surface area contributed by atoms with Crippen molar-refractivity contribution in [3.8, 4) is 5.88 Å². The normalized spacial score (nSPS) is 17.3. The second kappa shape index (κ2) is 6.29. The van der Waals surface area contributed by atoms with Crippen LogP contribution in [0.1, 0.15) is 5.56 Å². The van der Waals surface area contributed by atoms with Gasteiger partial charge in [0.1, 0.15) is 0 Å². The van der Waals surface area contributed by atoms with Gasteiger partial charge in [-0.2, -0.15) is 17.4 Å². The van der Waals surface area contributed by atoms with Crippen LogP contribution in [0.25, 0.3) is 0 Å². The van der Waals surface area contributed by atoms with Crippen LogP contribution < -0.4 is 14.8 Å². The average Bonchev–Trinajstić information content (AvgIpc) is 2.46. The zero-order valence-corrected chi connectivity index (χ0v) is 11.6. The number of rotatable bonds is 5. The lowest BCUT2D eigenvalue weighted by Gasteiger charge is -2.26. The van der Waals surface area contributed by atoms with Crippen molar-refractivity contribution < 1.29 is 13.2 Å². The first-order valence-corrected chi connectivity index (χ1v) is 7.51. The Morgan fingerprint density at radius 2 is 2.21 bits per heavy atom. The second-order valence-electron chi connectivity index (χ2n) is 4.15. The molecule has 1 fully saturated rings. The summed E-state index contributed by atoms with van der Waals surface area (Å²) in [7, 11) is -1.94. The molecule has 2 heterocycles. The van der Waals surface area contributed by atoms with Crippen molar-refractivity contribution in [2.75, 3.05) is 33.3 Å². The number of hydrogen-bond acceptors (Lipinski definition) is 5. The molecule has 1 aliphatic heterocycles. The molecule has 0 unspecified atom stereocenters. The van der Waals surface area contributed by atoms with Crippen LogP contribution >= 0.6 is 0 Å². The lowest BCUT2D eigenvalue weighted by Crippen LogP contribution is -2.50. The van der Waals surface area contributed by atoms with Crippen molar-refractivity contribution in [3.05, 3.63) is 23.9 Å². The molecule has 0 radical (unpaired) electrons. The minimum Gasteiger partial charge on any atom is -0.481 e. The van der Waals surface area contributed by atoms with Gasteiger partial charge in [-0.15, -0.1) is 0 Å². The van der Waals surface area contributed by atoms with Gasteiger partial charge in [-0.25, -0.2) is 4.98 Å². The summed E-state index contributed by atoms with van der Waals surface area (Å²) in [6.45, 7) is 2.50. The molecule has 1 aromatic rings. The van der Waals surface area contributed by atoms with Gasteiger partial charge in [-0.3, -0.25) is 0 Å². The van der Waals surface area contributed by atoms with E-state index < -0.39 is 10.2 Å². The second-order valence-corrected chi connectivity index (χ2v) is 5.90. The van der Waals surface area contributed by atoms with E-state index in [0.717, 1.165) is 0 Å². The quantitative estimate of drug-likeness (QED) is 0.750. The highest BCUT2D eigenvalue weighted by Gasteiger charge is 2.23. The number of piperazine rings is 1. The fourth-order valence-electron chi connectivity index (χ4n) is 1.89. The Morgan fingerprint density at radius 3 is 2.89 bits per heavy atom. The SMILES string of the molecule is COc1ncccc1CNS(=O)(=O)N1CCNCC1. The molecule has 1 aliphatic rings. The molecule has 2 N–H and O–H groups in total. The molecule has 0 saturated carbocycles. The molecular weight excluding hydrogens is 268 g/mol. The first-order valence-electron chi connectivity index (χ1n) is 6.07. The van der Waals surface area contributed by atoms with Gasteiger partial charge in [0.15, 0.2) is 0 Å². The first kappa shape index (κ1) is 14.2. The highest BCUT2D eigenvalue weighted by atomic mass is 32.2. The van der Waals surface area contributed by atoms with E-state index >= 15 is 0 Å². The van der Waals surface area contributed by atoms with Crippen LogP contribution in [0, 0.1) is 0 Å². The Kier molecular flexibility index (Phi) is 4.70. The summed E-state index contributed by atoms with van der Waals surface area (Å²) < 4.78 is 33.3. The molecule has 0 amide bonds. The Hall–Kier alpha value is -1.22. The summed E-state index contributed by atoms with van der Waals surface area (Å²) in [5, 5.41) is 3.11. The zero-order chi connectivity index (χ0) is 13.7. The van der Waals surface area contributed by atoms with Gasteiger partial charge >= 0.3 is 0 Å². The van der Waals surface area contributed by atoms with Gasteiger partial charge in [-0.05, 0) is 6.07 Å². The van der Waals surface area contributed by atoms with Crippen molar-refractivity contribution >= 4 is 10.2 Å². The maximum Gasteiger partial charge on any atom is 0.279 e. The predicted molar refractivity (Wildman–Crippen MR) is 71.0 cm³/mol. The van der Waals surface area contributed by atoms with E-state index in [0.29, 0.717) is 37.6 Å². The highest BCUT2D eigenvalue weighted by molar-refractivity contribution is 7.87. The van der Waals surface area contributed by atoms with E-state index in [-0.39, 0.29) is 6.54 Å². The number of nitrogens with zero attached hydrogens (tertiary/aromatic N) is 2. The maximum atomic E-state index is 12.1. The molecule has 1 aromatic heterocycles. The van der Waals surface area contributed by atoms with Crippen LogP contribution in [0.5, 0.6) is 5.88 Å². The summed E-state index contributed by atoms with van der Waals surface area (Å²) >= 11 is 0. The van der Waals surface area contributed by atoms with Gasteiger partial charge in [0.25, 0.3) is 10.2 Å². The van der Waals surface area contributed by atoms with Crippen LogP contribution in [0.15, 0.2) is 18.3 Å². The molecule has 0 atom stereocenters. The number of ether oxygens (including phenoxy) is 1. The summed E-state index contributed by atoms with van der Waals surface area (Å²) in [6, 6.07) is 3.53. The van der Waals surface area contributed by atoms with Crippen molar-refractivity contribution in [1.29, 1.82) is 0 Å². The minimum absolute atomic E-state index is 0.170. The van der Waals surface area contributed by atoms with Crippen molar-refractivity contribution in [3.63, 3.8) is 0 Å². The fraction of sp³-hybridized carbons (Fsp3) is 0.545. The van der Waals surface area contributed by atoms with Gasteiger partial charge in [-0.1, -0.05) is 6.07 Å². The van der Waals surface area contributed by atoms with Crippen LogP contribution in [0.3, 0.4) is 0 Å². The van der Waals surface area contributed by atoms with E-state index in [9.17, 15) is 8.42 Å². The molecule has 2 rings (SSSR count). The van der Waals surface area contributed by atoms with Gasteiger partial charge < -0.3 is 10.1 Å². The molecule has 106 valence electrons. The molecular formula is C11H18N4O3S. The summed E-state index contributed by atoms with van der Waals surface area (Å²) in [5.74, 6) is 0.436. The zero-order valence-electron chi connectivity index (χ0n) is 10.8. The fourth-order valence-corrected chi connectivity index (χ4v) is 3.07. The molecule has 0 aliphatic carbocycles. The summed E-state index contributed by atoms with van der Waals surface area (Å²) in [6.07, 6.45) is 1.60. The summed E-state index contributed by atoms with van der Waals surface area (Å²) in [5.41, 5.74) is 0.712. The topological polar surface area (TPSA) is 83.6 Å².